The van der Waals surface area contributed by atoms with Crippen LogP contribution in [-0.2, 0) is 9.53 Å². The molecule has 0 aliphatic carbocycles. The molecule has 0 fully saturated rings. The quantitative estimate of drug-likeness (QED) is 0.319. The molecule has 0 aliphatic rings. The van der Waals surface area contributed by atoms with Crippen molar-refractivity contribution in [1.82, 2.24) is 0 Å². The van der Waals surface area contributed by atoms with Crippen LogP contribution in [-0.4, -0.2) is 18.2 Å². The number of allylic oxidation sites excluding steroid dienone is 4. The summed E-state index contributed by atoms with van der Waals surface area (Å²) in [7, 11) is 1.53. The SMILES string of the molecule is CCC(Br)/C(=C\C=C(\F)CC=O)OC. The molecule has 14 heavy (non-hydrogen) atoms. The fourth-order valence-electron chi connectivity index (χ4n) is 0.822. The van der Waals surface area contributed by atoms with E-state index in [0.29, 0.717) is 12.0 Å². The average molecular weight is 265 g/mol. The van der Waals surface area contributed by atoms with Gasteiger partial charge in [0.05, 0.1) is 18.4 Å². The van der Waals surface area contributed by atoms with Crippen molar-refractivity contribution in [3.05, 3.63) is 23.7 Å². The highest BCUT2D eigenvalue weighted by atomic mass is 79.9. The van der Waals surface area contributed by atoms with Gasteiger partial charge in [-0.3, -0.25) is 0 Å². The Kier molecular flexibility index (Phi) is 7.38. The summed E-state index contributed by atoms with van der Waals surface area (Å²) in [6.07, 6.45) is 3.96. The zero-order valence-electron chi connectivity index (χ0n) is 8.30. The third kappa shape index (κ3) is 5.17. The lowest BCUT2D eigenvalue weighted by atomic mass is 10.2. The molecule has 2 nitrogen and oxygen atoms in total. The summed E-state index contributed by atoms with van der Waals surface area (Å²) in [5.41, 5.74) is 0. The van der Waals surface area contributed by atoms with Crippen LogP contribution in [0.4, 0.5) is 4.39 Å². The summed E-state index contributed by atoms with van der Waals surface area (Å²) < 4.78 is 17.8. The maximum absolute atomic E-state index is 12.8. The van der Waals surface area contributed by atoms with Crippen molar-refractivity contribution >= 4 is 22.2 Å². The van der Waals surface area contributed by atoms with Crippen LogP contribution >= 0.6 is 15.9 Å². The second kappa shape index (κ2) is 7.74. The van der Waals surface area contributed by atoms with Gasteiger partial charge in [0.15, 0.2) is 0 Å². The fourth-order valence-corrected chi connectivity index (χ4v) is 1.16. The molecule has 0 spiro atoms. The Bertz CT molecular complexity index is 236. The molecule has 1 unspecified atom stereocenters. The van der Waals surface area contributed by atoms with Crippen molar-refractivity contribution in [3.63, 3.8) is 0 Å². The van der Waals surface area contributed by atoms with Crippen molar-refractivity contribution in [2.75, 3.05) is 7.11 Å². The summed E-state index contributed by atoms with van der Waals surface area (Å²) in [5.74, 6) is 0.180. The standard InChI is InChI=1S/C10H14BrFO2/c1-3-9(11)10(14-2)5-4-8(12)6-7-13/h4-5,7,9H,3,6H2,1-2H3/b8-4+,10-5+. The van der Waals surface area contributed by atoms with E-state index in [1.54, 1.807) is 0 Å². The lowest BCUT2D eigenvalue weighted by Crippen LogP contribution is -2.02. The van der Waals surface area contributed by atoms with Crippen molar-refractivity contribution in [1.29, 1.82) is 0 Å². The minimum absolute atomic E-state index is 0.0766. The van der Waals surface area contributed by atoms with Crippen molar-refractivity contribution in [2.45, 2.75) is 24.6 Å². The van der Waals surface area contributed by atoms with Crippen molar-refractivity contribution in [3.8, 4) is 0 Å². The van der Waals surface area contributed by atoms with Crippen LogP contribution in [0.5, 0.6) is 0 Å². The Morgan fingerprint density at radius 2 is 2.21 bits per heavy atom. The molecule has 0 aromatic heterocycles. The number of hydrogen-bond acceptors (Lipinski definition) is 2. The number of methoxy groups -OCH3 is 1. The molecule has 0 radical (unpaired) electrons. The Balaban J connectivity index is 4.43. The number of hydrogen-bond donors (Lipinski definition) is 0. The maximum Gasteiger partial charge on any atom is 0.126 e. The first-order valence-corrected chi connectivity index (χ1v) is 5.25. The molecule has 0 N–H and O–H groups in total. The lowest BCUT2D eigenvalue weighted by molar-refractivity contribution is -0.107. The molecular weight excluding hydrogens is 251 g/mol. The third-order valence-corrected chi connectivity index (χ3v) is 2.71. The number of carbonyl (C=O) groups excluding carboxylic acids is 1. The number of alkyl halides is 1. The highest BCUT2D eigenvalue weighted by molar-refractivity contribution is 9.09. The van der Waals surface area contributed by atoms with Crippen molar-refractivity contribution in [2.24, 2.45) is 0 Å². The minimum Gasteiger partial charge on any atom is -0.500 e. The molecule has 0 aromatic rings. The van der Waals surface area contributed by atoms with Gasteiger partial charge in [0, 0.05) is 0 Å². The van der Waals surface area contributed by atoms with E-state index in [4.69, 9.17) is 4.74 Å². The highest BCUT2D eigenvalue weighted by Crippen LogP contribution is 2.17. The van der Waals surface area contributed by atoms with Crippen LogP contribution in [0.3, 0.4) is 0 Å². The molecular formula is C10H14BrFO2. The molecule has 0 amide bonds. The Hall–Kier alpha value is -0.640. The first-order valence-electron chi connectivity index (χ1n) is 4.33. The lowest BCUT2D eigenvalue weighted by Gasteiger charge is -2.09. The maximum atomic E-state index is 12.8. The molecule has 0 heterocycles. The zero-order chi connectivity index (χ0) is 11.0. The van der Waals surface area contributed by atoms with E-state index >= 15 is 0 Å². The van der Waals surface area contributed by atoms with Gasteiger partial charge in [0.25, 0.3) is 0 Å². The van der Waals surface area contributed by atoms with E-state index in [-0.39, 0.29) is 11.2 Å². The summed E-state index contributed by atoms with van der Waals surface area (Å²) in [6, 6.07) is 0. The second-order valence-corrected chi connectivity index (χ2v) is 3.74. The number of halogens is 2. The van der Waals surface area contributed by atoms with Gasteiger partial charge >= 0.3 is 0 Å². The van der Waals surface area contributed by atoms with Gasteiger partial charge in [-0.2, -0.15) is 0 Å². The molecule has 0 saturated heterocycles. The largest absolute Gasteiger partial charge is 0.500 e. The van der Waals surface area contributed by atoms with Gasteiger partial charge in [-0.15, -0.1) is 0 Å². The molecule has 1 atom stereocenters. The Morgan fingerprint density at radius 3 is 2.64 bits per heavy atom. The zero-order valence-corrected chi connectivity index (χ0v) is 9.88. The molecule has 0 rings (SSSR count). The normalized spacial score (nSPS) is 15.1. The fraction of sp³-hybridized carbons (Fsp3) is 0.500. The number of carbonyl (C=O) groups is 1. The van der Waals surface area contributed by atoms with Crippen LogP contribution in [0.2, 0.25) is 0 Å². The van der Waals surface area contributed by atoms with Crippen molar-refractivity contribution < 1.29 is 13.9 Å². The summed E-state index contributed by atoms with van der Waals surface area (Å²) in [4.78, 5) is 10.1. The monoisotopic (exact) mass is 264 g/mol. The average Bonchev–Trinajstić information content (AvgIpc) is 2.18. The number of rotatable bonds is 6. The van der Waals surface area contributed by atoms with Crippen LogP contribution < -0.4 is 0 Å². The summed E-state index contributed by atoms with van der Waals surface area (Å²) in [6.45, 7) is 1.98. The van der Waals surface area contributed by atoms with E-state index in [9.17, 15) is 9.18 Å². The predicted octanol–water partition coefficient (Wildman–Crippen LogP) is 3.13. The first-order chi connectivity index (χ1) is 6.65. The van der Waals surface area contributed by atoms with Gasteiger partial charge in [0.1, 0.15) is 17.9 Å². The van der Waals surface area contributed by atoms with Gasteiger partial charge in [-0.1, -0.05) is 22.9 Å². The van der Waals surface area contributed by atoms with E-state index in [0.717, 1.165) is 6.42 Å². The smallest absolute Gasteiger partial charge is 0.126 e. The van der Waals surface area contributed by atoms with E-state index in [1.807, 2.05) is 6.92 Å². The molecule has 0 saturated carbocycles. The van der Waals surface area contributed by atoms with E-state index in [2.05, 4.69) is 15.9 Å². The summed E-state index contributed by atoms with van der Waals surface area (Å²) >= 11 is 3.38. The minimum atomic E-state index is -0.467. The van der Waals surface area contributed by atoms with E-state index in [1.165, 1.54) is 19.3 Å². The predicted molar refractivity (Wildman–Crippen MR) is 58.0 cm³/mol. The van der Waals surface area contributed by atoms with Crippen LogP contribution in [0.15, 0.2) is 23.7 Å². The van der Waals surface area contributed by atoms with Gasteiger partial charge in [0.2, 0.25) is 0 Å². The first kappa shape index (κ1) is 13.4. The third-order valence-electron chi connectivity index (χ3n) is 1.61. The van der Waals surface area contributed by atoms with Crippen LogP contribution in [0, 0.1) is 0 Å². The van der Waals surface area contributed by atoms with Gasteiger partial charge in [-0.25, -0.2) is 4.39 Å². The topological polar surface area (TPSA) is 26.3 Å². The van der Waals surface area contributed by atoms with Gasteiger partial charge < -0.3 is 9.53 Å². The van der Waals surface area contributed by atoms with Gasteiger partial charge in [-0.05, 0) is 18.6 Å². The highest BCUT2D eigenvalue weighted by Gasteiger charge is 2.07. The Morgan fingerprint density at radius 1 is 1.57 bits per heavy atom. The Labute approximate surface area is 92.0 Å². The molecule has 4 heteroatoms. The molecule has 0 aliphatic heterocycles. The van der Waals surface area contributed by atoms with Crippen LogP contribution in [0.1, 0.15) is 19.8 Å². The number of ether oxygens (including phenoxy) is 1. The summed E-state index contributed by atoms with van der Waals surface area (Å²) in [5, 5.41) is 0. The second-order valence-electron chi connectivity index (χ2n) is 2.63. The molecule has 80 valence electrons. The van der Waals surface area contributed by atoms with E-state index < -0.39 is 5.83 Å². The molecule has 0 aromatic carbocycles. The number of aldehydes is 1. The van der Waals surface area contributed by atoms with Crippen LogP contribution in [0.25, 0.3) is 0 Å². The molecule has 0 bridgehead atoms.